The number of hydrogen-bond acceptors (Lipinski definition) is 4. The third kappa shape index (κ3) is 2.49. The molecule has 0 aliphatic carbocycles. The molecule has 0 N–H and O–H groups in total. The average molecular weight is 221 g/mol. The first kappa shape index (κ1) is 10.9. The summed E-state index contributed by atoms with van der Waals surface area (Å²) in [5.41, 5.74) is 0. The van der Waals surface area contributed by atoms with E-state index in [9.17, 15) is 4.79 Å². The third-order valence-electron chi connectivity index (χ3n) is 2.70. The van der Waals surface area contributed by atoms with Crippen LogP contribution in [0.5, 0.6) is 0 Å². The largest absolute Gasteiger partial charge is 0.448 e. The molecule has 1 aromatic heterocycles. The van der Waals surface area contributed by atoms with Crippen molar-refractivity contribution in [3.8, 4) is 0 Å². The quantitative estimate of drug-likeness (QED) is 0.698. The molecule has 1 saturated heterocycles. The van der Waals surface area contributed by atoms with Crippen molar-refractivity contribution in [3.05, 3.63) is 31.0 Å². The lowest BCUT2D eigenvalue weighted by atomic mass is 10.3. The second-order valence-electron chi connectivity index (χ2n) is 3.73. The fraction of sp³-hybridized carbons (Fsp3) is 0.455. The molecule has 0 spiro atoms. The van der Waals surface area contributed by atoms with Crippen LogP contribution in [0.4, 0.5) is 0 Å². The van der Waals surface area contributed by atoms with Gasteiger partial charge in [-0.25, -0.2) is 4.98 Å². The SMILES string of the molecule is C=CC(=O)N1CCN(Cc2ncco2)CC1. The Kier molecular flexibility index (Phi) is 3.36. The number of carbonyl (C=O) groups is 1. The second-order valence-corrected chi connectivity index (χ2v) is 3.73. The number of rotatable bonds is 3. The van der Waals surface area contributed by atoms with Gasteiger partial charge in [-0.3, -0.25) is 9.69 Å². The van der Waals surface area contributed by atoms with E-state index < -0.39 is 0 Å². The number of hydrogen-bond donors (Lipinski definition) is 0. The van der Waals surface area contributed by atoms with Crippen molar-refractivity contribution in [1.29, 1.82) is 0 Å². The smallest absolute Gasteiger partial charge is 0.246 e. The molecule has 1 aliphatic heterocycles. The zero-order valence-electron chi connectivity index (χ0n) is 9.13. The Morgan fingerprint density at radius 1 is 1.50 bits per heavy atom. The molecule has 1 aromatic rings. The van der Waals surface area contributed by atoms with Crippen molar-refractivity contribution < 1.29 is 9.21 Å². The Morgan fingerprint density at radius 2 is 2.25 bits per heavy atom. The van der Waals surface area contributed by atoms with Gasteiger partial charge in [0.05, 0.1) is 12.7 Å². The van der Waals surface area contributed by atoms with Crippen LogP contribution in [0.25, 0.3) is 0 Å². The Hall–Kier alpha value is -1.62. The van der Waals surface area contributed by atoms with Gasteiger partial charge in [-0.1, -0.05) is 6.58 Å². The lowest BCUT2D eigenvalue weighted by molar-refractivity contribution is -0.127. The molecule has 5 heteroatoms. The average Bonchev–Trinajstić information content (AvgIpc) is 2.82. The minimum atomic E-state index is 0.00998. The van der Waals surface area contributed by atoms with Crippen molar-refractivity contribution >= 4 is 5.91 Å². The lowest BCUT2D eigenvalue weighted by Gasteiger charge is -2.33. The van der Waals surface area contributed by atoms with Gasteiger partial charge in [0.1, 0.15) is 6.26 Å². The highest BCUT2D eigenvalue weighted by Crippen LogP contribution is 2.07. The van der Waals surface area contributed by atoms with Gasteiger partial charge in [0, 0.05) is 26.2 Å². The first-order valence-electron chi connectivity index (χ1n) is 5.31. The number of amides is 1. The van der Waals surface area contributed by atoms with Crippen LogP contribution in [0.15, 0.2) is 29.5 Å². The Labute approximate surface area is 94.4 Å². The summed E-state index contributed by atoms with van der Waals surface area (Å²) in [5.74, 6) is 0.735. The van der Waals surface area contributed by atoms with Crippen LogP contribution in [0.1, 0.15) is 5.89 Å². The van der Waals surface area contributed by atoms with Crippen LogP contribution in [-0.2, 0) is 11.3 Å². The minimum Gasteiger partial charge on any atom is -0.448 e. The van der Waals surface area contributed by atoms with Gasteiger partial charge in [-0.15, -0.1) is 0 Å². The zero-order chi connectivity index (χ0) is 11.4. The van der Waals surface area contributed by atoms with Crippen molar-refractivity contribution in [2.24, 2.45) is 0 Å². The van der Waals surface area contributed by atoms with E-state index >= 15 is 0 Å². The van der Waals surface area contributed by atoms with E-state index in [1.165, 1.54) is 6.08 Å². The summed E-state index contributed by atoms with van der Waals surface area (Å²) in [5, 5.41) is 0. The summed E-state index contributed by atoms with van der Waals surface area (Å²) in [6.45, 7) is 7.38. The van der Waals surface area contributed by atoms with Gasteiger partial charge in [0.2, 0.25) is 11.8 Å². The summed E-state index contributed by atoms with van der Waals surface area (Å²) >= 11 is 0. The van der Waals surface area contributed by atoms with E-state index in [-0.39, 0.29) is 5.91 Å². The summed E-state index contributed by atoms with van der Waals surface area (Å²) in [6.07, 6.45) is 4.59. The van der Waals surface area contributed by atoms with Crippen LogP contribution in [0, 0.1) is 0 Å². The minimum absolute atomic E-state index is 0.00998. The zero-order valence-corrected chi connectivity index (χ0v) is 9.13. The highest BCUT2D eigenvalue weighted by atomic mass is 16.3. The van der Waals surface area contributed by atoms with Gasteiger partial charge in [-0.2, -0.15) is 0 Å². The van der Waals surface area contributed by atoms with Crippen molar-refractivity contribution in [3.63, 3.8) is 0 Å². The third-order valence-corrected chi connectivity index (χ3v) is 2.70. The predicted octanol–water partition coefficient (Wildman–Crippen LogP) is 0.505. The Morgan fingerprint density at radius 3 is 2.81 bits per heavy atom. The second kappa shape index (κ2) is 4.94. The number of aromatic nitrogens is 1. The first-order chi connectivity index (χ1) is 7.79. The highest BCUT2D eigenvalue weighted by molar-refractivity contribution is 5.87. The standard InChI is InChI=1S/C11H15N3O2/c1-2-11(15)14-6-4-13(5-7-14)9-10-12-3-8-16-10/h2-3,8H,1,4-7,9H2. The van der Waals surface area contributed by atoms with Gasteiger partial charge in [0.25, 0.3) is 0 Å². The monoisotopic (exact) mass is 221 g/mol. The fourth-order valence-electron chi connectivity index (χ4n) is 1.78. The number of nitrogens with zero attached hydrogens (tertiary/aromatic N) is 3. The normalized spacial score (nSPS) is 17.4. The molecule has 0 unspecified atom stereocenters. The maximum absolute atomic E-state index is 11.3. The molecular formula is C11H15N3O2. The molecule has 0 bridgehead atoms. The molecule has 2 rings (SSSR count). The van der Waals surface area contributed by atoms with E-state index in [1.807, 2.05) is 0 Å². The van der Waals surface area contributed by atoms with Crippen LogP contribution < -0.4 is 0 Å². The summed E-state index contributed by atoms with van der Waals surface area (Å²) < 4.78 is 5.18. The van der Waals surface area contributed by atoms with Crippen molar-refractivity contribution in [2.75, 3.05) is 26.2 Å². The lowest BCUT2D eigenvalue weighted by Crippen LogP contribution is -2.47. The van der Waals surface area contributed by atoms with E-state index in [2.05, 4.69) is 16.5 Å². The summed E-state index contributed by atoms with van der Waals surface area (Å²) in [7, 11) is 0. The molecule has 0 saturated carbocycles. The molecule has 86 valence electrons. The van der Waals surface area contributed by atoms with E-state index in [1.54, 1.807) is 17.4 Å². The molecule has 1 amide bonds. The molecular weight excluding hydrogens is 206 g/mol. The van der Waals surface area contributed by atoms with E-state index in [0.29, 0.717) is 6.54 Å². The number of piperazine rings is 1. The Balaban J connectivity index is 1.81. The van der Waals surface area contributed by atoms with Crippen LogP contribution in [0.2, 0.25) is 0 Å². The fourth-order valence-corrected chi connectivity index (χ4v) is 1.78. The molecule has 2 heterocycles. The maximum Gasteiger partial charge on any atom is 0.246 e. The number of oxazole rings is 1. The first-order valence-corrected chi connectivity index (χ1v) is 5.31. The maximum atomic E-state index is 11.3. The van der Waals surface area contributed by atoms with Gasteiger partial charge >= 0.3 is 0 Å². The highest BCUT2D eigenvalue weighted by Gasteiger charge is 2.20. The molecule has 1 fully saturated rings. The molecule has 0 atom stereocenters. The summed E-state index contributed by atoms with van der Waals surface area (Å²) in [4.78, 5) is 19.5. The van der Waals surface area contributed by atoms with E-state index in [0.717, 1.165) is 32.1 Å². The molecule has 1 aliphatic rings. The van der Waals surface area contributed by atoms with Crippen molar-refractivity contribution in [2.45, 2.75) is 6.54 Å². The van der Waals surface area contributed by atoms with Gasteiger partial charge in [0.15, 0.2) is 0 Å². The van der Waals surface area contributed by atoms with Crippen molar-refractivity contribution in [1.82, 2.24) is 14.8 Å². The van der Waals surface area contributed by atoms with Crippen LogP contribution in [-0.4, -0.2) is 46.9 Å². The Bertz CT molecular complexity index is 353. The summed E-state index contributed by atoms with van der Waals surface area (Å²) in [6, 6.07) is 0. The molecule has 16 heavy (non-hydrogen) atoms. The molecule has 0 radical (unpaired) electrons. The molecule has 5 nitrogen and oxygen atoms in total. The van der Waals surface area contributed by atoms with Crippen LogP contribution >= 0.6 is 0 Å². The topological polar surface area (TPSA) is 49.6 Å². The van der Waals surface area contributed by atoms with Gasteiger partial charge < -0.3 is 9.32 Å². The van der Waals surface area contributed by atoms with Gasteiger partial charge in [-0.05, 0) is 6.08 Å². The number of carbonyl (C=O) groups excluding carboxylic acids is 1. The molecule has 0 aromatic carbocycles. The van der Waals surface area contributed by atoms with E-state index in [4.69, 9.17) is 4.42 Å². The van der Waals surface area contributed by atoms with Crippen LogP contribution in [0.3, 0.4) is 0 Å². The predicted molar refractivity (Wildman–Crippen MR) is 58.6 cm³/mol.